The van der Waals surface area contributed by atoms with Gasteiger partial charge in [-0.15, -0.1) is 0 Å². The number of aryl methyl sites for hydroxylation is 1. The van der Waals surface area contributed by atoms with Crippen LogP contribution in [0, 0.1) is 12.8 Å². The first-order valence-corrected chi connectivity index (χ1v) is 11.3. The highest BCUT2D eigenvalue weighted by Gasteiger charge is 2.36. The van der Waals surface area contributed by atoms with Gasteiger partial charge in [0.15, 0.2) is 0 Å². The number of rotatable bonds is 8. The van der Waals surface area contributed by atoms with Crippen LogP contribution in [0.25, 0.3) is 5.57 Å². The SMILES string of the molecule is C=C(C)c1cc(CC)c(C)c(N=C(C)C2C/C(=C/CCC)C(=C)N2CC2CC2)c1. The molecule has 1 aromatic rings. The molecule has 2 nitrogen and oxygen atoms in total. The summed E-state index contributed by atoms with van der Waals surface area (Å²) < 4.78 is 0. The molecule has 1 aliphatic heterocycles. The molecule has 0 spiro atoms. The van der Waals surface area contributed by atoms with Gasteiger partial charge in [0, 0.05) is 18.0 Å². The highest BCUT2D eigenvalue weighted by molar-refractivity contribution is 5.91. The summed E-state index contributed by atoms with van der Waals surface area (Å²) in [6.07, 6.45) is 9.50. The number of aliphatic imine (C=N–C) groups is 1. The second-order valence-electron chi connectivity index (χ2n) is 8.95. The van der Waals surface area contributed by atoms with Crippen molar-refractivity contribution in [3.05, 3.63) is 59.3 Å². The molecule has 156 valence electrons. The Morgan fingerprint density at radius 3 is 2.55 bits per heavy atom. The van der Waals surface area contributed by atoms with Crippen LogP contribution in [0.3, 0.4) is 0 Å². The van der Waals surface area contributed by atoms with E-state index in [0.29, 0.717) is 6.04 Å². The van der Waals surface area contributed by atoms with Gasteiger partial charge in [-0.2, -0.15) is 0 Å². The molecule has 0 aromatic heterocycles. The number of hydrogen-bond acceptors (Lipinski definition) is 2. The molecule has 1 aliphatic carbocycles. The van der Waals surface area contributed by atoms with Gasteiger partial charge in [-0.05, 0) is 87.1 Å². The topological polar surface area (TPSA) is 15.6 Å². The Labute approximate surface area is 178 Å². The van der Waals surface area contributed by atoms with E-state index in [4.69, 9.17) is 4.99 Å². The molecule has 29 heavy (non-hydrogen) atoms. The lowest BCUT2D eigenvalue weighted by Gasteiger charge is -2.27. The highest BCUT2D eigenvalue weighted by Crippen LogP contribution is 2.39. The van der Waals surface area contributed by atoms with Crippen molar-refractivity contribution in [2.45, 2.75) is 79.2 Å². The predicted octanol–water partition coefficient (Wildman–Crippen LogP) is 7.41. The summed E-state index contributed by atoms with van der Waals surface area (Å²) in [5.74, 6) is 0.841. The van der Waals surface area contributed by atoms with Crippen LogP contribution in [0.2, 0.25) is 0 Å². The Hall–Kier alpha value is -2.09. The smallest absolute Gasteiger partial charge is 0.0712 e. The summed E-state index contributed by atoms with van der Waals surface area (Å²) in [7, 11) is 0. The van der Waals surface area contributed by atoms with Gasteiger partial charge in [-0.25, -0.2) is 0 Å². The molecule has 0 radical (unpaired) electrons. The van der Waals surface area contributed by atoms with Crippen molar-refractivity contribution in [2.75, 3.05) is 6.54 Å². The number of hydrogen-bond donors (Lipinski definition) is 0. The molecule has 0 amide bonds. The third-order valence-corrected chi connectivity index (χ3v) is 6.48. The van der Waals surface area contributed by atoms with Gasteiger partial charge < -0.3 is 4.90 Å². The van der Waals surface area contributed by atoms with Crippen LogP contribution in [-0.4, -0.2) is 23.2 Å². The molecule has 1 unspecified atom stereocenters. The third-order valence-electron chi connectivity index (χ3n) is 6.48. The standard InChI is InChI=1S/C27H38N2/c1-8-10-11-24-16-27(29(21(24)7)17-22-12-13-22)20(6)28-26-15-25(18(3)4)14-23(9-2)19(26)5/h11,14-15,22,27H,3,7-10,12-13,16-17H2,1-2,4-6H3/b24-11-,28-20?. The van der Waals surface area contributed by atoms with Crippen LogP contribution >= 0.6 is 0 Å². The monoisotopic (exact) mass is 390 g/mol. The van der Waals surface area contributed by atoms with E-state index < -0.39 is 0 Å². The van der Waals surface area contributed by atoms with E-state index in [1.54, 1.807) is 0 Å². The summed E-state index contributed by atoms with van der Waals surface area (Å²) in [5, 5.41) is 0. The molecular weight excluding hydrogens is 352 g/mol. The molecule has 0 bridgehead atoms. The molecule has 1 heterocycles. The number of allylic oxidation sites excluding steroid dienone is 3. The number of likely N-dealkylation sites (tertiary alicyclic amines) is 1. The quantitative estimate of drug-likeness (QED) is 0.422. The van der Waals surface area contributed by atoms with Crippen molar-refractivity contribution >= 4 is 17.0 Å². The zero-order chi connectivity index (χ0) is 21.1. The van der Waals surface area contributed by atoms with E-state index in [9.17, 15) is 0 Å². The number of nitrogens with zero attached hydrogens (tertiary/aromatic N) is 2. The molecular formula is C27H38N2. The van der Waals surface area contributed by atoms with E-state index in [-0.39, 0.29) is 0 Å². The van der Waals surface area contributed by atoms with Crippen molar-refractivity contribution in [3.63, 3.8) is 0 Å². The van der Waals surface area contributed by atoms with Crippen molar-refractivity contribution in [1.29, 1.82) is 0 Å². The predicted molar refractivity (Wildman–Crippen MR) is 128 cm³/mol. The maximum atomic E-state index is 5.18. The zero-order valence-corrected chi connectivity index (χ0v) is 19.1. The van der Waals surface area contributed by atoms with Crippen LogP contribution in [0.1, 0.15) is 76.5 Å². The fourth-order valence-electron chi connectivity index (χ4n) is 4.27. The minimum Gasteiger partial charge on any atom is -0.363 e. The molecule has 1 saturated heterocycles. The minimum atomic E-state index is 0.337. The maximum absolute atomic E-state index is 5.18. The van der Waals surface area contributed by atoms with Crippen LogP contribution in [0.5, 0.6) is 0 Å². The lowest BCUT2D eigenvalue weighted by Crippen LogP contribution is -2.35. The second kappa shape index (κ2) is 9.15. The first-order valence-electron chi connectivity index (χ1n) is 11.3. The highest BCUT2D eigenvalue weighted by atomic mass is 15.2. The van der Waals surface area contributed by atoms with Crippen molar-refractivity contribution < 1.29 is 0 Å². The van der Waals surface area contributed by atoms with Crippen LogP contribution in [0.4, 0.5) is 5.69 Å². The van der Waals surface area contributed by atoms with E-state index in [1.165, 1.54) is 52.9 Å². The first-order chi connectivity index (χ1) is 13.8. The molecule has 2 fully saturated rings. The summed E-state index contributed by atoms with van der Waals surface area (Å²) in [4.78, 5) is 7.72. The van der Waals surface area contributed by atoms with Crippen LogP contribution < -0.4 is 0 Å². The van der Waals surface area contributed by atoms with Gasteiger partial charge >= 0.3 is 0 Å². The van der Waals surface area contributed by atoms with E-state index in [2.05, 4.69) is 70.9 Å². The van der Waals surface area contributed by atoms with Crippen LogP contribution in [0.15, 0.2) is 47.6 Å². The van der Waals surface area contributed by atoms with Crippen LogP contribution in [-0.2, 0) is 6.42 Å². The lowest BCUT2D eigenvalue weighted by molar-refractivity contribution is 0.336. The molecule has 1 atom stereocenters. The average molecular weight is 391 g/mol. The van der Waals surface area contributed by atoms with Gasteiger partial charge in [0.25, 0.3) is 0 Å². The van der Waals surface area contributed by atoms with Gasteiger partial charge in [-0.1, -0.05) is 51.1 Å². The molecule has 0 N–H and O–H groups in total. The summed E-state index contributed by atoms with van der Waals surface area (Å²) in [6.45, 7) is 20.7. The Bertz CT molecular complexity index is 852. The largest absolute Gasteiger partial charge is 0.363 e. The fraction of sp³-hybridized carbons (Fsp3) is 0.519. The van der Waals surface area contributed by atoms with Gasteiger partial charge in [0.2, 0.25) is 0 Å². The summed E-state index contributed by atoms with van der Waals surface area (Å²) in [6, 6.07) is 4.82. The second-order valence-corrected chi connectivity index (χ2v) is 8.95. The van der Waals surface area contributed by atoms with Gasteiger partial charge in [0.1, 0.15) is 0 Å². The lowest BCUT2D eigenvalue weighted by atomic mass is 9.97. The first kappa shape index (κ1) is 21.6. The number of unbranched alkanes of at least 4 members (excludes halogenated alkanes) is 1. The van der Waals surface area contributed by atoms with Gasteiger partial charge in [0.05, 0.1) is 11.7 Å². The zero-order valence-electron chi connectivity index (χ0n) is 19.1. The van der Waals surface area contributed by atoms with Crippen molar-refractivity contribution in [3.8, 4) is 0 Å². The van der Waals surface area contributed by atoms with Crippen molar-refractivity contribution in [1.82, 2.24) is 4.90 Å². The Balaban J connectivity index is 1.95. The summed E-state index contributed by atoms with van der Waals surface area (Å²) >= 11 is 0. The average Bonchev–Trinajstić information content (AvgIpc) is 3.46. The normalized spacial score (nSPS) is 21.3. The van der Waals surface area contributed by atoms with Crippen molar-refractivity contribution in [2.24, 2.45) is 10.9 Å². The maximum Gasteiger partial charge on any atom is 0.0712 e. The molecule has 3 rings (SSSR count). The Morgan fingerprint density at radius 2 is 1.97 bits per heavy atom. The molecule has 2 heteroatoms. The van der Waals surface area contributed by atoms with Gasteiger partial charge in [-0.3, -0.25) is 4.99 Å². The minimum absolute atomic E-state index is 0.337. The third kappa shape index (κ3) is 4.91. The van der Waals surface area contributed by atoms with E-state index >= 15 is 0 Å². The van der Waals surface area contributed by atoms with E-state index in [1.807, 2.05) is 0 Å². The number of benzene rings is 1. The molecule has 1 saturated carbocycles. The summed E-state index contributed by atoms with van der Waals surface area (Å²) in [5.41, 5.74) is 9.92. The molecule has 1 aromatic carbocycles. The Kier molecular flexibility index (Phi) is 6.82. The molecule has 2 aliphatic rings. The Morgan fingerprint density at radius 1 is 1.24 bits per heavy atom. The fourth-order valence-corrected chi connectivity index (χ4v) is 4.27. The van der Waals surface area contributed by atoms with E-state index in [0.717, 1.165) is 43.0 Å².